The van der Waals surface area contributed by atoms with Crippen molar-refractivity contribution in [2.75, 3.05) is 6.61 Å². The summed E-state index contributed by atoms with van der Waals surface area (Å²) in [4.78, 5) is 0. The SMILES string of the molecule is CCOc1ccccc1-n1nc2c(c1-c1ccc(Cl)cc1)CC(n1ccnn1)C2. The topological polar surface area (TPSA) is 57.8 Å². The first-order valence-corrected chi connectivity index (χ1v) is 10.1. The highest BCUT2D eigenvalue weighted by Gasteiger charge is 2.32. The van der Waals surface area contributed by atoms with Gasteiger partial charge in [-0.05, 0) is 37.6 Å². The summed E-state index contributed by atoms with van der Waals surface area (Å²) < 4.78 is 9.81. The number of hydrogen-bond acceptors (Lipinski definition) is 4. The van der Waals surface area contributed by atoms with E-state index in [9.17, 15) is 0 Å². The highest BCUT2D eigenvalue weighted by molar-refractivity contribution is 6.30. The van der Waals surface area contributed by atoms with Gasteiger partial charge in [-0.15, -0.1) is 5.10 Å². The van der Waals surface area contributed by atoms with Crippen molar-refractivity contribution < 1.29 is 4.74 Å². The van der Waals surface area contributed by atoms with Crippen molar-refractivity contribution in [1.29, 1.82) is 0 Å². The summed E-state index contributed by atoms with van der Waals surface area (Å²) in [5.74, 6) is 0.819. The number of hydrogen-bond donors (Lipinski definition) is 0. The Morgan fingerprint density at radius 3 is 2.69 bits per heavy atom. The fourth-order valence-electron chi connectivity index (χ4n) is 3.99. The van der Waals surface area contributed by atoms with Crippen molar-refractivity contribution in [2.24, 2.45) is 0 Å². The van der Waals surface area contributed by atoms with Gasteiger partial charge in [0.15, 0.2) is 0 Å². The molecule has 7 heteroatoms. The molecule has 1 aliphatic rings. The Balaban J connectivity index is 1.66. The van der Waals surface area contributed by atoms with Crippen LogP contribution in [0.15, 0.2) is 60.9 Å². The predicted octanol–water partition coefficient (Wildman–Crippen LogP) is 4.52. The first-order chi connectivity index (χ1) is 14.2. The maximum Gasteiger partial charge on any atom is 0.144 e. The lowest BCUT2D eigenvalue weighted by Gasteiger charge is -2.15. The van der Waals surface area contributed by atoms with Crippen molar-refractivity contribution in [3.63, 3.8) is 0 Å². The predicted molar refractivity (Wildman–Crippen MR) is 112 cm³/mol. The highest BCUT2D eigenvalue weighted by Crippen LogP contribution is 2.39. The number of benzene rings is 2. The molecule has 6 nitrogen and oxygen atoms in total. The van der Waals surface area contributed by atoms with Crippen LogP contribution in [0, 0.1) is 0 Å². The Kier molecular flexibility index (Phi) is 4.56. The molecule has 0 amide bonds. The maximum absolute atomic E-state index is 6.14. The van der Waals surface area contributed by atoms with Gasteiger partial charge in [-0.3, -0.25) is 0 Å². The van der Waals surface area contributed by atoms with Gasteiger partial charge < -0.3 is 4.74 Å². The van der Waals surface area contributed by atoms with Gasteiger partial charge in [0.25, 0.3) is 0 Å². The summed E-state index contributed by atoms with van der Waals surface area (Å²) in [6.45, 7) is 2.59. The van der Waals surface area contributed by atoms with Crippen LogP contribution in [-0.2, 0) is 12.8 Å². The van der Waals surface area contributed by atoms with Crippen LogP contribution in [0.2, 0.25) is 5.02 Å². The van der Waals surface area contributed by atoms with E-state index in [0.29, 0.717) is 11.6 Å². The number of halogens is 1. The Morgan fingerprint density at radius 1 is 1.10 bits per heavy atom. The third kappa shape index (κ3) is 3.19. The van der Waals surface area contributed by atoms with Crippen molar-refractivity contribution in [3.8, 4) is 22.7 Å². The number of para-hydroxylation sites is 2. The smallest absolute Gasteiger partial charge is 0.144 e. The van der Waals surface area contributed by atoms with E-state index in [1.807, 2.05) is 71.0 Å². The van der Waals surface area contributed by atoms with Gasteiger partial charge in [-0.1, -0.05) is 41.1 Å². The molecule has 4 aromatic rings. The minimum atomic E-state index is 0.234. The number of fused-ring (bicyclic) bond motifs is 1. The second-order valence-electron chi connectivity index (χ2n) is 7.04. The second-order valence-corrected chi connectivity index (χ2v) is 7.47. The maximum atomic E-state index is 6.14. The van der Waals surface area contributed by atoms with Crippen LogP contribution in [0.25, 0.3) is 16.9 Å². The van der Waals surface area contributed by atoms with Crippen LogP contribution >= 0.6 is 11.6 Å². The lowest BCUT2D eigenvalue weighted by atomic mass is 10.1. The molecular formula is C22H20ClN5O. The van der Waals surface area contributed by atoms with Crippen molar-refractivity contribution in [3.05, 3.63) is 77.2 Å². The normalized spacial score (nSPS) is 15.4. The van der Waals surface area contributed by atoms with Crippen LogP contribution < -0.4 is 4.74 Å². The minimum absolute atomic E-state index is 0.234. The summed E-state index contributed by atoms with van der Waals surface area (Å²) in [6.07, 6.45) is 5.31. The van der Waals surface area contributed by atoms with Crippen molar-refractivity contribution in [2.45, 2.75) is 25.8 Å². The minimum Gasteiger partial charge on any atom is -0.492 e. The van der Waals surface area contributed by atoms with E-state index in [0.717, 1.165) is 41.2 Å². The molecule has 2 aromatic heterocycles. The summed E-state index contributed by atoms with van der Waals surface area (Å²) in [5, 5.41) is 13.9. The van der Waals surface area contributed by atoms with Crippen molar-refractivity contribution >= 4 is 11.6 Å². The van der Waals surface area contributed by atoms with E-state index in [4.69, 9.17) is 21.4 Å². The van der Waals surface area contributed by atoms with E-state index in [2.05, 4.69) is 10.3 Å². The fourth-order valence-corrected chi connectivity index (χ4v) is 4.12. The average molecular weight is 406 g/mol. The van der Waals surface area contributed by atoms with Gasteiger partial charge in [0.2, 0.25) is 0 Å². The number of rotatable bonds is 5. The molecule has 0 spiro atoms. The molecule has 2 aromatic carbocycles. The molecule has 1 aliphatic carbocycles. The zero-order valence-electron chi connectivity index (χ0n) is 16.0. The molecule has 0 fully saturated rings. The summed E-state index contributed by atoms with van der Waals surface area (Å²) in [7, 11) is 0. The second kappa shape index (κ2) is 7.37. The zero-order valence-corrected chi connectivity index (χ0v) is 16.8. The lowest BCUT2D eigenvalue weighted by molar-refractivity contribution is 0.338. The first kappa shape index (κ1) is 17.9. The monoisotopic (exact) mass is 405 g/mol. The van der Waals surface area contributed by atoms with Gasteiger partial charge in [0, 0.05) is 28.8 Å². The summed E-state index contributed by atoms with van der Waals surface area (Å²) in [6, 6.07) is 16.2. The number of nitrogens with zero attached hydrogens (tertiary/aromatic N) is 5. The van der Waals surface area contributed by atoms with E-state index in [1.54, 1.807) is 6.20 Å². The Hall–Kier alpha value is -3.12. The van der Waals surface area contributed by atoms with Crippen LogP contribution in [0.3, 0.4) is 0 Å². The number of ether oxygens (including phenoxy) is 1. The largest absolute Gasteiger partial charge is 0.492 e. The molecule has 0 radical (unpaired) electrons. The van der Waals surface area contributed by atoms with Crippen LogP contribution in [-0.4, -0.2) is 31.4 Å². The Morgan fingerprint density at radius 2 is 1.93 bits per heavy atom. The molecule has 1 unspecified atom stereocenters. The van der Waals surface area contributed by atoms with Gasteiger partial charge in [-0.2, -0.15) is 5.10 Å². The third-order valence-electron chi connectivity index (χ3n) is 5.26. The van der Waals surface area contributed by atoms with E-state index in [1.165, 1.54) is 5.56 Å². The molecule has 2 heterocycles. The molecule has 0 aliphatic heterocycles. The molecule has 0 saturated heterocycles. The fraction of sp³-hybridized carbons (Fsp3) is 0.227. The molecule has 0 N–H and O–H groups in total. The molecule has 146 valence electrons. The number of aromatic nitrogens is 5. The highest BCUT2D eigenvalue weighted by atomic mass is 35.5. The first-order valence-electron chi connectivity index (χ1n) is 9.69. The molecule has 0 saturated carbocycles. The lowest BCUT2D eigenvalue weighted by Crippen LogP contribution is -2.12. The van der Waals surface area contributed by atoms with Gasteiger partial charge in [-0.25, -0.2) is 9.36 Å². The third-order valence-corrected chi connectivity index (χ3v) is 5.51. The summed E-state index contributed by atoms with van der Waals surface area (Å²) >= 11 is 6.14. The van der Waals surface area contributed by atoms with Crippen LogP contribution in [0.1, 0.15) is 24.2 Å². The summed E-state index contributed by atoms with van der Waals surface area (Å²) in [5.41, 5.74) is 5.41. The van der Waals surface area contributed by atoms with Crippen LogP contribution in [0.4, 0.5) is 0 Å². The Bertz CT molecular complexity index is 1130. The van der Waals surface area contributed by atoms with E-state index < -0.39 is 0 Å². The van der Waals surface area contributed by atoms with Crippen LogP contribution in [0.5, 0.6) is 5.75 Å². The van der Waals surface area contributed by atoms with E-state index in [-0.39, 0.29) is 6.04 Å². The molecule has 5 rings (SSSR count). The molecular weight excluding hydrogens is 386 g/mol. The van der Waals surface area contributed by atoms with Gasteiger partial charge in [0.05, 0.1) is 30.2 Å². The van der Waals surface area contributed by atoms with Gasteiger partial charge >= 0.3 is 0 Å². The zero-order chi connectivity index (χ0) is 19.8. The molecule has 0 bridgehead atoms. The Labute approximate surface area is 173 Å². The van der Waals surface area contributed by atoms with E-state index >= 15 is 0 Å². The molecule has 29 heavy (non-hydrogen) atoms. The van der Waals surface area contributed by atoms with Crippen molar-refractivity contribution in [1.82, 2.24) is 24.8 Å². The van der Waals surface area contributed by atoms with Gasteiger partial charge in [0.1, 0.15) is 11.4 Å². The standard InChI is InChI=1S/C22H20ClN5O/c1-2-29-21-6-4-3-5-20(21)28-22(15-7-9-16(23)10-8-15)18-13-17(14-19(18)25-28)27-12-11-24-26-27/h3-12,17H,2,13-14H2,1H3. The average Bonchev–Trinajstić information content (AvgIpc) is 3.45. The quantitative estimate of drug-likeness (QED) is 0.489. The molecule has 1 atom stereocenters.